The Labute approximate surface area is 287 Å². The number of carbonyl (C=O) groups excluding carboxylic acids is 4. The van der Waals surface area contributed by atoms with Gasteiger partial charge in [-0.15, -0.1) is 0 Å². The largest absolute Gasteiger partial charge is 0.465 e. The second-order valence-corrected chi connectivity index (χ2v) is 17.6. The van der Waals surface area contributed by atoms with Crippen molar-refractivity contribution < 1.29 is 38.5 Å². The summed E-state index contributed by atoms with van der Waals surface area (Å²) in [6, 6.07) is -0.338. The Bertz CT molecular complexity index is 1360. The van der Waals surface area contributed by atoms with Crippen LogP contribution in [0, 0.1) is 50.7 Å². The lowest BCUT2D eigenvalue weighted by molar-refractivity contribution is -0.230. The van der Waals surface area contributed by atoms with Gasteiger partial charge in [-0.25, -0.2) is 0 Å². The van der Waals surface area contributed by atoms with Crippen LogP contribution in [0.5, 0.6) is 0 Å². The zero-order valence-electron chi connectivity index (χ0n) is 31.1. The summed E-state index contributed by atoms with van der Waals surface area (Å²) in [5, 5.41) is 15.6. The Morgan fingerprint density at radius 1 is 0.875 bits per heavy atom. The van der Waals surface area contributed by atoms with Gasteiger partial charge in [0.25, 0.3) is 0 Å². The number of esters is 3. The summed E-state index contributed by atoms with van der Waals surface area (Å²) in [6.07, 6.45) is 9.43. The van der Waals surface area contributed by atoms with Crippen LogP contribution < -0.4 is 5.32 Å². The molecule has 4 fully saturated rings. The number of nitrogens with one attached hydrogen (secondary N) is 1. The second-order valence-electron chi connectivity index (χ2n) is 17.6. The van der Waals surface area contributed by atoms with Gasteiger partial charge in [-0.05, 0) is 106 Å². The summed E-state index contributed by atoms with van der Waals surface area (Å²) in [5.41, 5.74) is -1.52. The van der Waals surface area contributed by atoms with Crippen LogP contribution in [-0.4, -0.2) is 59.9 Å². The summed E-state index contributed by atoms with van der Waals surface area (Å²) in [4.78, 5) is 50.2. The number of hydrogen-bond acceptors (Lipinski definition) is 8. The predicted octanol–water partition coefficient (Wildman–Crippen LogP) is 6.30. The maximum atomic E-state index is 14.4. The molecule has 0 heterocycles. The number of fused-ring (bicyclic) bond motifs is 7. The van der Waals surface area contributed by atoms with Crippen molar-refractivity contribution in [1.82, 2.24) is 5.32 Å². The molecule has 1 unspecified atom stereocenters. The molecule has 5 aliphatic rings. The van der Waals surface area contributed by atoms with Crippen LogP contribution in [0.3, 0.4) is 0 Å². The van der Waals surface area contributed by atoms with Crippen molar-refractivity contribution in [2.45, 2.75) is 145 Å². The van der Waals surface area contributed by atoms with E-state index in [4.69, 9.17) is 14.2 Å². The van der Waals surface area contributed by atoms with E-state index < -0.39 is 16.4 Å². The number of ether oxygens (including phenoxy) is 3. The highest BCUT2D eigenvalue weighted by Gasteiger charge is 2.72. The zero-order chi connectivity index (χ0) is 35.7. The number of hydrogen-bond donors (Lipinski definition) is 2. The molecule has 0 spiro atoms. The van der Waals surface area contributed by atoms with Gasteiger partial charge < -0.3 is 24.6 Å². The molecule has 0 radical (unpaired) electrons. The Morgan fingerprint density at radius 3 is 2.17 bits per heavy atom. The molecular formula is C39H61NO8. The molecule has 9 heteroatoms. The molecule has 0 aromatic carbocycles. The summed E-state index contributed by atoms with van der Waals surface area (Å²) in [7, 11) is 0. The molecule has 9 nitrogen and oxygen atoms in total. The fourth-order valence-electron chi connectivity index (χ4n) is 12.2. The van der Waals surface area contributed by atoms with Crippen LogP contribution in [0.1, 0.15) is 127 Å². The highest BCUT2D eigenvalue weighted by atomic mass is 16.6. The van der Waals surface area contributed by atoms with Gasteiger partial charge in [-0.2, -0.15) is 0 Å². The van der Waals surface area contributed by atoms with Gasteiger partial charge in [-0.3, -0.25) is 19.2 Å². The summed E-state index contributed by atoms with van der Waals surface area (Å²) in [6.45, 7) is 19.9. The third kappa shape index (κ3) is 5.53. The van der Waals surface area contributed by atoms with Crippen molar-refractivity contribution in [3.63, 3.8) is 0 Å². The van der Waals surface area contributed by atoms with Crippen molar-refractivity contribution in [1.29, 1.82) is 0 Å². The summed E-state index contributed by atoms with van der Waals surface area (Å²) < 4.78 is 16.9. The van der Waals surface area contributed by atoms with E-state index in [1.807, 2.05) is 13.8 Å². The minimum atomic E-state index is -1.07. The minimum absolute atomic E-state index is 0.0301. The number of carbonyl (C=O) groups is 4. The molecule has 0 bridgehead atoms. The number of aliphatic hydroxyl groups is 1. The second kappa shape index (κ2) is 12.4. The first-order valence-corrected chi connectivity index (χ1v) is 18.4. The maximum absolute atomic E-state index is 14.4. The topological polar surface area (TPSA) is 128 Å². The van der Waals surface area contributed by atoms with E-state index in [1.54, 1.807) is 0 Å². The summed E-state index contributed by atoms with van der Waals surface area (Å²) in [5.74, 6) is -0.843. The van der Waals surface area contributed by atoms with Gasteiger partial charge in [0.1, 0.15) is 19.3 Å². The Balaban J connectivity index is 1.54. The Kier molecular flexibility index (Phi) is 9.53. The zero-order valence-corrected chi connectivity index (χ0v) is 31.1. The van der Waals surface area contributed by atoms with E-state index in [-0.39, 0.29) is 83.2 Å². The third-order valence-electron chi connectivity index (χ3n) is 15.1. The van der Waals surface area contributed by atoms with E-state index in [2.05, 4.69) is 46.0 Å². The van der Waals surface area contributed by atoms with Gasteiger partial charge in [0.15, 0.2) is 0 Å². The lowest BCUT2D eigenvalue weighted by Crippen LogP contribution is -2.69. The molecule has 0 aliphatic heterocycles. The van der Waals surface area contributed by atoms with E-state index in [1.165, 1.54) is 26.3 Å². The highest BCUT2D eigenvalue weighted by Crippen LogP contribution is 2.76. The number of amides is 1. The van der Waals surface area contributed by atoms with Crippen molar-refractivity contribution in [2.75, 3.05) is 13.2 Å². The van der Waals surface area contributed by atoms with E-state index in [0.29, 0.717) is 25.2 Å². The molecule has 48 heavy (non-hydrogen) atoms. The van der Waals surface area contributed by atoms with Crippen LogP contribution in [-0.2, 0) is 33.4 Å². The van der Waals surface area contributed by atoms with E-state index in [9.17, 15) is 24.3 Å². The van der Waals surface area contributed by atoms with Crippen molar-refractivity contribution >= 4 is 23.8 Å². The number of rotatable bonds is 7. The monoisotopic (exact) mass is 671 g/mol. The SMILES string of the molecule is CC(=O)OCC(C)NC(=O)[C@]12CC[C@@H](C)[C@@](C)(O)[C@H]1C1=CC[C@@H]3[C@@]4(C)CC[C@H](OC(C)=O)[C@@](C)(COC(C)=O)[C@@H]4CC[C@@]3(C)[C@]1(C)CC2. The average molecular weight is 672 g/mol. The quantitative estimate of drug-likeness (QED) is 0.183. The highest BCUT2D eigenvalue weighted by molar-refractivity contribution is 5.84. The lowest BCUT2D eigenvalue weighted by atomic mass is 9.33. The first-order chi connectivity index (χ1) is 22.2. The van der Waals surface area contributed by atoms with Gasteiger partial charge in [0, 0.05) is 32.1 Å². The van der Waals surface area contributed by atoms with Crippen LogP contribution in [0.25, 0.3) is 0 Å². The van der Waals surface area contributed by atoms with Gasteiger partial charge in [0.05, 0.1) is 17.1 Å². The van der Waals surface area contributed by atoms with Crippen LogP contribution >= 0.6 is 0 Å². The fraction of sp³-hybridized carbons (Fsp3) is 0.846. The summed E-state index contributed by atoms with van der Waals surface area (Å²) >= 11 is 0. The molecule has 5 rings (SSSR count). The minimum Gasteiger partial charge on any atom is -0.465 e. The molecular weight excluding hydrogens is 610 g/mol. The molecule has 5 aliphatic carbocycles. The van der Waals surface area contributed by atoms with Crippen LogP contribution in [0.15, 0.2) is 11.6 Å². The number of allylic oxidation sites excluding steroid dienone is 1. The molecule has 0 aromatic rings. The van der Waals surface area contributed by atoms with E-state index >= 15 is 0 Å². The lowest BCUT2D eigenvalue weighted by Gasteiger charge is -2.72. The Morgan fingerprint density at radius 2 is 1.54 bits per heavy atom. The molecule has 270 valence electrons. The van der Waals surface area contributed by atoms with Crippen LogP contribution in [0.2, 0.25) is 0 Å². The Hall–Kier alpha value is -2.42. The van der Waals surface area contributed by atoms with Gasteiger partial charge in [-0.1, -0.05) is 46.3 Å². The molecule has 0 saturated heterocycles. The van der Waals surface area contributed by atoms with Gasteiger partial charge in [0.2, 0.25) is 5.91 Å². The maximum Gasteiger partial charge on any atom is 0.302 e. The van der Waals surface area contributed by atoms with Crippen molar-refractivity contribution in [3.05, 3.63) is 11.6 Å². The van der Waals surface area contributed by atoms with Crippen molar-refractivity contribution in [2.24, 2.45) is 50.7 Å². The smallest absolute Gasteiger partial charge is 0.302 e. The molecule has 0 aromatic heterocycles. The van der Waals surface area contributed by atoms with Crippen LogP contribution in [0.4, 0.5) is 0 Å². The standard InChI is InChI=1S/C39H61NO8/c1-23-13-18-39(33(44)40-24(2)21-46-25(3)41)20-19-36(8)28(32(39)38(23,10)45)11-12-30-34(6)16-15-31(48-27(5)43)35(7,22-47-26(4)42)29(34)14-17-37(30,36)9/h11,23-24,29-32,45H,12-22H2,1-10H3,(H,40,44)/t23-,24?,29-,30-,31+,32-,34+,35+,36-,37-,38-,39+/m1/s1. The molecule has 2 N–H and O–H groups in total. The van der Waals surface area contributed by atoms with Crippen molar-refractivity contribution in [3.8, 4) is 0 Å². The normalized spacial score (nSPS) is 45.5. The first kappa shape index (κ1) is 36.9. The molecule has 12 atom stereocenters. The third-order valence-corrected chi connectivity index (χ3v) is 15.1. The van der Waals surface area contributed by atoms with E-state index in [0.717, 1.165) is 38.5 Å². The predicted molar refractivity (Wildman–Crippen MR) is 181 cm³/mol. The molecule has 1 amide bonds. The first-order valence-electron chi connectivity index (χ1n) is 18.4. The fourth-order valence-corrected chi connectivity index (χ4v) is 12.2. The average Bonchev–Trinajstić information content (AvgIpc) is 2.98. The van der Waals surface area contributed by atoms with Gasteiger partial charge >= 0.3 is 17.9 Å². The molecule has 4 saturated carbocycles.